The molecule has 1 saturated heterocycles. The summed E-state index contributed by atoms with van der Waals surface area (Å²) in [5.41, 5.74) is 3.59. The number of anilines is 1. The molecule has 1 atom stereocenters. The summed E-state index contributed by atoms with van der Waals surface area (Å²) < 4.78 is 0. The lowest BCUT2D eigenvalue weighted by Crippen LogP contribution is -2.40. The fourth-order valence-corrected chi connectivity index (χ4v) is 3.89. The topological polar surface area (TPSA) is 28.2 Å². The summed E-state index contributed by atoms with van der Waals surface area (Å²) in [6.45, 7) is 7.39. The third-order valence-corrected chi connectivity index (χ3v) is 5.17. The van der Waals surface area contributed by atoms with Crippen molar-refractivity contribution in [1.82, 2.24) is 10.3 Å². The molecule has 21 heavy (non-hydrogen) atoms. The molecule has 3 rings (SSSR count). The molecule has 0 bridgehead atoms. The average molecular weight is 301 g/mol. The van der Waals surface area contributed by atoms with Gasteiger partial charge in [0, 0.05) is 41.7 Å². The fourth-order valence-electron chi connectivity index (χ4n) is 2.88. The highest BCUT2D eigenvalue weighted by molar-refractivity contribution is 7.99. The number of rotatable bonds is 4. The normalized spacial score (nSPS) is 19.1. The van der Waals surface area contributed by atoms with Crippen molar-refractivity contribution in [3.8, 4) is 0 Å². The third-order valence-electron chi connectivity index (χ3n) is 3.98. The zero-order valence-corrected chi connectivity index (χ0v) is 13.6. The van der Waals surface area contributed by atoms with Crippen LogP contribution in [0.25, 0.3) is 10.9 Å². The van der Waals surface area contributed by atoms with Crippen LogP contribution in [0.5, 0.6) is 0 Å². The lowest BCUT2D eigenvalue weighted by atomic mass is 10.1. The van der Waals surface area contributed by atoms with Crippen molar-refractivity contribution in [3.63, 3.8) is 0 Å². The van der Waals surface area contributed by atoms with Crippen molar-refractivity contribution >= 4 is 28.4 Å². The van der Waals surface area contributed by atoms with E-state index in [1.54, 1.807) is 0 Å². The maximum Gasteiger partial charge on any atom is 0.0726 e. The highest BCUT2D eigenvalue weighted by atomic mass is 32.2. The lowest BCUT2D eigenvalue weighted by Gasteiger charge is -2.36. The Labute approximate surface area is 131 Å². The van der Waals surface area contributed by atoms with E-state index in [9.17, 15) is 0 Å². The Morgan fingerprint density at radius 2 is 2.24 bits per heavy atom. The highest BCUT2D eigenvalue weighted by Gasteiger charge is 2.21. The standard InChI is InChI=1S/C17H23N3S/c1-3-18-11-14-10-17(20-8-9-21-12-13(20)2)15-6-4-5-7-16(15)19-14/h4-7,10,13,18H,3,8-9,11-12H2,1-2H3. The van der Waals surface area contributed by atoms with E-state index in [4.69, 9.17) is 4.98 Å². The molecule has 0 aliphatic carbocycles. The van der Waals surface area contributed by atoms with Crippen LogP contribution in [0.15, 0.2) is 30.3 Å². The van der Waals surface area contributed by atoms with E-state index in [0.29, 0.717) is 6.04 Å². The van der Waals surface area contributed by atoms with Gasteiger partial charge in [-0.15, -0.1) is 0 Å². The molecule has 1 fully saturated rings. The molecule has 0 saturated carbocycles. The minimum Gasteiger partial charge on any atom is -0.367 e. The van der Waals surface area contributed by atoms with Gasteiger partial charge in [0.1, 0.15) is 0 Å². The molecule has 0 amide bonds. The summed E-state index contributed by atoms with van der Waals surface area (Å²) in [5, 5.41) is 4.66. The van der Waals surface area contributed by atoms with E-state index in [2.05, 4.69) is 66.2 Å². The van der Waals surface area contributed by atoms with E-state index in [1.807, 2.05) is 0 Å². The number of aromatic nitrogens is 1. The van der Waals surface area contributed by atoms with Crippen LogP contribution in [0.1, 0.15) is 19.5 Å². The van der Waals surface area contributed by atoms with E-state index in [1.165, 1.54) is 22.6 Å². The van der Waals surface area contributed by atoms with Crippen molar-refractivity contribution in [2.75, 3.05) is 29.5 Å². The monoisotopic (exact) mass is 301 g/mol. The maximum absolute atomic E-state index is 4.80. The number of hydrogen-bond donors (Lipinski definition) is 1. The van der Waals surface area contributed by atoms with Crippen molar-refractivity contribution in [2.24, 2.45) is 0 Å². The molecule has 1 aliphatic heterocycles. The summed E-state index contributed by atoms with van der Waals surface area (Å²) in [4.78, 5) is 7.35. The van der Waals surface area contributed by atoms with Gasteiger partial charge in [-0.2, -0.15) is 11.8 Å². The third kappa shape index (κ3) is 3.16. The summed E-state index contributed by atoms with van der Waals surface area (Å²) >= 11 is 2.06. The summed E-state index contributed by atoms with van der Waals surface area (Å²) in [6.07, 6.45) is 0. The van der Waals surface area contributed by atoms with Gasteiger partial charge in [0.05, 0.1) is 11.2 Å². The quantitative estimate of drug-likeness (QED) is 0.938. The SMILES string of the molecule is CCNCc1cc(N2CCSCC2C)c2ccccc2n1. The van der Waals surface area contributed by atoms with Crippen molar-refractivity contribution in [3.05, 3.63) is 36.0 Å². The first-order chi connectivity index (χ1) is 10.3. The number of fused-ring (bicyclic) bond motifs is 1. The molecular formula is C17H23N3S. The number of hydrogen-bond acceptors (Lipinski definition) is 4. The first kappa shape index (κ1) is 14.7. The Hall–Kier alpha value is -1.26. The van der Waals surface area contributed by atoms with E-state index >= 15 is 0 Å². The Balaban J connectivity index is 2.05. The molecule has 1 aliphatic rings. The van der Waals surface area contributed by atoms with Crippen LogP contribution in [0.3, 0.4) is 0 Å². The van der Waals surface area contributed by atoms with Gasteiger partial charge >= 0.3 is 0 Å². The van der Waals surface area contributed by atoms with Gasteiger partial charge < -0.3 is 10.2 Å². The van der Waals surface area contributed by atoms with Crippen LogP contribution in [-0.2, 0) is 6.54 Å². The predicted molar refractivity (Wildman–Crippen MR) is 93.3 cm³/mol. The van der Waals surface area contributed by atoms with Gasteiger partial charge in [-0.3, -0.25) is 4.98 Å². The molecule has 4 heteroatoms. The van der Waals surface area contributed by atoms with Crippen LogP contribution < -0.4 is 10.2 Å². The first-order valence-corrected chi connectivity index (χ1v) is 8.89. The maximum atomic E-state index is 4.80. The van der Waals surface area contributed by atoms with Crippen LogP contribution in [-0.4, -0.2) is 35.6 Å². The smallest absolute Gasteiger partial charge is 0.0726 e. The predicted octanol–water partition coefficient (Wildman–Crippen LogP) is 3.29. The number of benzene rings is 1. The number of pyridine rings is 1. The second-order valence-corrected chi connectivity index (χ2v) is 6.70. The molecule has 2 heterocycles. The molecule has 112 valence electrons. The highest BCUT2D eigenvalue weighted by Crippen LogP contribution is 2.31. The van der Waals surface area contributed by atoms with Crippen molar-refractivity contribution in [2.45, 2.75) is 26.4 Å². The summed E-state index contributed by atoms with van der Waals surface area (Å²) in [7, 11) is 0. The number of nitrogens with one attached hydrogen (secondary N) is 1. The number of para-hydroxylation sites is 1. The minimum atomic E-state index is 0.585. The van der Waals surface area contributed by atoms with Gasteiger partial charge in [0.15, 0.2) is 0 Å². The second kappa shape index (κ2) is 6.67. The van der Waals surface area contributed by atoms with Gasteiger partial charge in [0.25, 0.3) is 0 Å². The van der Waals surface area contributed by atoms with Crippen LogP contribution in [0.4, 0.5) is 5.69 Å². The average Bonchev–Trinajstić information content (AvgIpc) is 2.52. The van der Waals surface area contributed by atoms with Gasteiger partial charge in [-0.05, 0) is 25.6 Å². The molecule has 0 spiro atoms. The molecule has 1 unspecified atom stereocenters. The molecular weight excluding hydrogens is 278 g/mol. The van der Waals surface area contributed by atoms with Crippen LogP contribution in [0.2, 0.25) is 0 Å². The lowest BCUT2D eigenvalue weighted by molar-refractivity contribution is 0.694. The van der Waals surface area contributed by atoms with Crippen molar-refractivity contribution in [1.29, 1.82) is 0 Å². The molecule has 3 nitrogen and oxygen atoms in total. The van der Waals surface area contributed by atoms with Crippen LogP contribution in [0, 0.1) is 0 Å². The Morgan fingerprint density at radius 1 is 1.38 bits per heavy atom. The fraction of sp³-hybridized carbons (Fsp3) is 0.471. The van der Waals surface area contributed by atoms with E-state index in [0.717, 1.165) is 30.8 Å². The number of thioether (sulfide) groups is 1. The summed E-state index contributed by atoms with van der Waals surface area (Å²) in [5.74, 6) is 2.42. The second-order valence-electron chi connectivity index (χ2n) is 5.55. The van der Waals surface area contributed by atoms with Gasteiger partial charge in [-0.25, -0.2) is 0 Å². The first-order valence-electron chi connectivity index (χ1n) is 7.73. The molecule has 1 aromatic heterocycles. The minimum absolute atomic E-state index is 0.585. The summed E-state index contributed by atoms with van der Waals surface area (Å²) in [6, 6.07) is 11.4. The van der Waals surface area contributed by atoms with E-state index in [-0.39, 0.29) is 0 Å². The largest absolute Gasteiger partial charge is 0.367 e. The zero-order valence-electron chi connectivity index (χ0n) is 12.8. The van der Waals surface area contributed by atoms with Gasteiger partial charge in [-0.1, -0.05) is 25.1 Å². The van der Waals surface area contributed by atoms with E-state index < -0.39 is 0 Å². The van der Waals surface area contributed by atoms with Crippen LogP contribution >= 0.6 is 11.8 Å². The molecule has 2 aromatic rings. The molecule has 1 N–H and O–H groups in total. The molecule has 1 aromatic carbocycles. The zero-order chi connectivity index (χ0) is 14.7. The van der Waals surface area contributed by atoms with Gasteiger partial charge in [0.2, 0.25) is 0 Å². The molecule has 0 radical (unpaired) electrons. The number of nitrogens with zero attached hydrogens (tertiary/aromatic N) is 2. The Kier molecular flexibility index (Phi) is 4.66. The Bertz CT molecular complexity index is 614. The van der Waals surface area contributed by atoms with Crippen molar-refractivity contribution < 1.29 is 0 Å². The Morgan fingerprint density at radius 3 is 3.05 bits per heavy atom.